The lowest BCUT2D eigenvalue weighted by atomic mass is 9.98. The van der Waals surface area contributed by atoms with Gasteiger partial charge >= 0.3 is 0 Å². The molecular weight excluding hydrogens is 350 g/mol. The van der Waals surface area contributed by atoms with E-state index >= 15 is 0 Å². The van der Waals surface area contributed by atoms with Crippen LogP contribution in [0.2, 0.25) is 0 Å². The van der Waals surface area contributed by atoms with Crippen molar-refractivity contribution in [3.8, 4) is 0 Å². The molecule has 0 saturated heterocycles. The smallest absolute Gasteiger partial charge is 0.172 e. The van der Waals surface area contributed by atoms with Crippen LogP contribution in [0, 0.1) is 6.92 Å². The molecule has 0 aliphatic rings. The summed E-state index contributed by atoms with van der Waals surface area (Å²) >= 11 is 3.35. The van der Waals surface area contributed by atoms with Crippen molar-refractivity contribution in [2.45, 2.75) is 50.0 Å². The number of hydrogen-bond acceptors (Lipinski definition) is 5. The van der Waals surface area contributed by atoms with Gasteiger partial charge in [0.2, 0.25) is 0 Å². The third kappa shape index (κ3) is 6.94. The molecule has 0 aliphatic carbocycles. The minimum Gasteiger partial charge on any atom is -0.394 e. The van der Waals surface area contributed by atoms with Crippen LogP contribution >= 0.6 is 23.1 Å². The van der Waals surface area contributed by atoms with Gasteiger partial charge in [0.25, 0.3) is 0 Å². The van der Waals surface area contributed by atoms with Gasteiger partial charge < -0.3 is 10.8 Å². The quantitative estimate of drug-likeness (QED) is 0.365. The number of thioether (sulfide) groups is 1. The van der Waals surface area contributed by atoms with Crippen LogP contribution in [0.5, 0.6) is 0 Å². The van der Waals surface area contributed by atoms with Gasteiger partial charge in [-0.15, -0.1) is 23.1 Å². The minimum absolute atomic E-state index is 0.0250. The van der Waals surface area contributed by atoms with Crippen molar-refractivity contribution < 1.29 is 9.90 Å². The molecule has 1 unspecified atom stereocenters. The van der Waals surface area contributed by atoms with Crippen molar-refractivity contribution >= 4 is 28.9 Å². The largest absolute Gasteiger partial charge is 0.394 e. The third-order valence-corrected chi connectivity index (χ3v) is 6.36. The van der Waals surface area contributed by atoms with Crippen molar-refractivity contribution in [3.05, 3.63) is 51.7 Å². The second-order valence-corrected chi connectivity index (χ2v) is 9.10. The third-order valence-electron chi connectivity index (χ3n) is 4.08. The van der Waals surface area contributed by atoms with Crippen LogP contribution in [0.1, 0.15) is 46.3 Å². The molecule has 3 nitrogen and oxygen atoms in total. The van der Waals surface area contributed by atoms with Gasteiger partial charge in [0, 0.05) is 21.7 Å². The van der Waals surface area contributed by atoms with E-state index in [-0.39, 0.29) is 12.4 Å². The summed E-state index contributed by atoms with van der Waals surface area (Å²) in [6.45, 7) is 3.90. The first kappa shape index (κ1) is 20.2. The molecule has 1 aromatic carbocycles. The van der Waals surface area contributed by atoms with Crippen molar-refractivity contribution in [2.75, 3.05) is 12.4 Å². The monoisotopic (exact) mass is 377 g/mol. The topological polar surface area (TPSA) is 63.3 Å². The Bertz CT molecular complexity index is 677. The second kappa shape index (κ2) is 9.53. The lowest BCUT2D eigenvalue weighted by Gasteiger charge is -2.20. The number of Topliss-reactive ketones (excluding diaryl/α,β-unsaturated/α-hetero) is 1. The maximum Gasteiger partial charge on any atom is 0.172 e. The van der Waals surface area contributed by atoms with E-state index in [1.807, 2.05) is 19.1 Å². The highest BCUT2D eigenvalue weighted by atomic mass is 32.2. The average molecular weight is 378 g/mol. The molecule has 5 heteroatoms. The van der Waals surface area contributed by atoms with Crippen molar-refractivity contribution in [1.82, 2.24) is 0 Å². The van der Waals surface area contributed by atoms with Crippen LogP contribution in [-0.4, -0.2) is 28.8 Å². The maximum atomic E-state index is 12.3. The van der Waals surface area contributed by atoms with Gasteiger partial charge in [0.05, 0.1) is 11.5 Å². The van der Waals surface area contributed by atoms with Crippen LogP contribution in [0.15, 0.2) is 41.3 Å². The summed E-state index contributed by atoms with van der Waals surface area (Å²) in [6, 6.07) is 12.4. The van der Waals surface area contributed by atoms with Crippen LogP contribution in [-0.2, 0) is 6.42 Å². The predicted molar refractivity (Wildman–Crippen MR) is 108 cm³/mol. The molecule has 0 bridgehead atoms. The van der Waals surface area contributed by atoms with Gasteiger partial charge in [-0.2, -0.15) is 0 Å². The fourth-order valence-electron chi connectivity index (χ4n) is 2.33. The number of thiophene rings is 1. The molecule has 3 N–H and O–H groups in total. The lowest BCUT2D eigenvalue weighted by molar-refractivity contribution is 0.0986. The Hall–Kier alpha value is -1.14. The molecule has 0 radical (unpaired) electrons. The Kier molecular flexibility index (Phi) is 7.69. The summed E-state index contributed by atoms with van der Waals surface area (Å²) in [5.74, 6) is 1.17. The molecule has 0 amide bonds. The lowest BCUT2D eigenvalue weighted by Crippen LogP contribution is -2.40. The van der Waals surface area contributed by atoms with Gasteiger partial charge in [-0.3, -0.25) is 4.79 Å². The SMILES string of the molecule is Cc1ccc(SCCCC(=O)c2ccc(CCC(C)(N)CO)s2)cc1. The number of hydrogen-bond donors (Lipinski definition) is 2. The number of carbonyl (C=O) groups excluding carboxylic acids is 1. The van der Waals surface area contributed by atoms with Crippen molar-refractivity contribution in [1.29, 1.82) is 0 Å². The Morgan fingerprint density at radius 2 is 1.96 bits per heavy atom. The molecule has 1 atom stereocenters. The maximum absolute atomic E-state index is 12.3. The molecule has 136 valence electrons. The van der Waals surface area contributed by atoms with Gasteiger partial charge in [-0.25, -0.2) is 0 Å². The number of nitrogens with two attached hydrogens (primary N) is 1. The molecule has 1 heterocycles. The van der Waals surface area contributed by atoms with E-state index in [1.54, 1.807) is 23.1 Å². The first-order chi connectivity index (χ1) is 11.9. The van der Waals surface area contributed by atoms with Gasteiger partial charge in [-0.05, 0) is 63.1 Å². The number of benzene rings is 1. The average Bonchev–Trinajstić information content (AvgIpc) is 3.08. The summed E-state index contributed by atoms with van der Waals surface area (Å²) in [7, 11) is 0. The van der Waals surface area contributed by atoms with E-state index in [1.165, 1.54) is 10.5 Å². The van der Waals surface area contributed by atoms with E-state index in [0.717, 1.165) is 28.3 Å². The number of aliphatic hydroxyl groups excluding tert-OH is 1. The van der Waals surface area contributed by atoms with Crippen LogP contribution in [0.4, 0.5) is 0 Å². The molecule has 0 fully saturated rings. The van der Waals surface area contributed by atoms with Crippen LogP contribution < -0.4 is 5.73 Å². The fraction of sp³-hybridized carbons (Fsp3) is 0.450. The zero-order valence-corrected chi connectivity index (χ0v) is 16.6. The standard InChI is InChI=1S/C20H27NO2S2/c1-15-5-7-16(8-6-15)24-13-3-4-18(23)19-10-9-17(25-19)11-12-20(2,21)14-22/h5-10,22H,3-4,11-14,21H2,1-2H3. The molecule has 2 rings (SSSR count). The van der Waals surface area contributed by atoms with Gasteiger partial charge in [0.1, 0.15) is 0 Å². The Morgan fingerprint density at radius 1 is 1.24 bits per heavy atom. The van der Waals surface area contributed by atoms with E-state index in [0.29, 0.717) is 12.8 Å². The first-order valence-corrected chi connectivity index (χ1v) is 10.4. The highest BCUT2D eigenvalue weighted by Gasteiger charge is 2.17. The van der Waals surface area contributed by atoms with E-state index in [9.17, 15) is 9.90 Å². The molecule has 1 aromatic heterocycles. The van der Waals surface area contributed by atoms with Crippen LogP contribution in [0.25, 0.3) is 0 Å². The highest BCUT2D eigenvalue weighted by molar-refractivity contribution is 7.99. The second-order valence-electron chi connectivity index (χ2n) is 6.77. The minimum atomic E-state index is -0.554. The van der Waals surface area contributed by atoms with E-state index in [2.05, 4.69) is 31.2 Å². The zero-order valence-electron chi connectivity index (χ0n) is 15.0. The van der Waals surface area contributed by atoms with Gasteiger partial charge in [-0.1, -0.05) is 17.7 Å². The number of carbonyl (C=O) groups is 1. The normalized spacial score (nSPS) is 13.6. The summed E-state index contributed by atoms with van der Waals surface area (Å²) in [4.78, 5) is 15.5. The predicted octanol–water partition coefficient (Wildman–Crippen LogP) is 4.45. The Balaban J connectivity index is 1.73. The number of aliphatic hydroxyl groups is 1. The summed E-state index contributed by atoms with van der Waals surface area (Å²) in [5, 5.41) is 9.20. The summed E-state index contributed by atoms with van der Waals surface area (Å²) < 4.78 is 0. The molecule has 0 aliphatic heterocycles. The Labute approximate surface area is 158 Å². The summed E-state index contributed by atoms with van der Waals surface area (Å²) in [5.41, 5.74) is 6.66. The molecular formula is C20H27NO2S2. The number of ketones is 1. The van der Waals surface area contributed by atoms with Crippen molar-refractivity contribution in [3.63, 3.8) is 0 Å². The first-order valence-electron chi connectivity index (χ1n) is 8.61. The van der Waals surface area contributed by atoms with Gasteiger partial charge in [0.15, 0.2) is 5.78 Å². The summed E-state index contributed by atoms with van der Waals surface area (Å²) in [6.07, 6.45) is 2.99. The molecule has 25 heavy (non-hydrogen) atoms. The number of aryl methyl sites for hydroxylation is 2. The van der Waals surface area contributed by atoms with E-state index < -0.39 is 5.54 Å². The zero-order chi connectivity index (χ0) is 18.3. The van der Waals surface area contributed by atoms with E-state index in [4.69, 9.17) is 5.73 Å². The highest BCUT2D eigenvalue weighted by Crippen LogP contribution is 2.23. The number of rotatable bonds is 10. The molecule has 0 spiro atoms. The fourth-order valence-corrected chi connectivity index (χ4v) is 4.16. The Morgan fingerprint density at radius 3 is 2.64 bits per heavy atom. The van der Waals surface area contributed by atoms with Crippen LogP contribution in [0.3, 0.4) is 0 Å². The molecule has 2 aromatic rings. The van der Waals surface area contributed by atoms with Crippen molar-refractivity contribution in [2.24, 2.45) is 5.73 Å². The molecule has 0 saturated carbocycles.